The number of rotatable bonds is 3. The van der Waals surface area contributed by atoms with E-state index in [1.807, 2.05) is 12.1 Å². The average Bonchev–Trinajstić information content (AvgIpc) is 2.89. The molecule has 0 spiro atoms. The molecule has 3 rings (SSSR count). The molecule has 0 aromatic heterocycles. The second-order valence-corrected chi connectivity index (χ2v) is 6.88. The summed E-state index contributed by atoms with van der Waals surface area (Å²) in [6.07, 6.45) is 5.45. The van der Waals surface area contributed by atoms with Gasteiger partial charge in [-0.2, -0.15) is 0 Å². The van der Waals surface area contributed by atoms with Gasteiger partial charge < -0.3 is 0 Å². The van der Waals surface area contributed by atoms with Crippen molar-refractivity contribution in [3.8, 4) is 0 Å². The van der Waals surface area contributed by atoms with Crippen molar-refractivity contribution in [2.45, 2.75) is 30.5 Å². The molecular weight excluding hydrogens is 284 g/mol. The molecule has 3 atom stereocenters. The SMILES string of the molecule is Clc1ccccc1CC(Br)C1CC2CC2C1. The van der Waals surface area contributed by atoms with Crippen LogP contribution in [0.4, 0.5) is 0 Å². The molecule has 2 aliphatic rings. The highest BCUT2D eigenvalue weighted by Gasteiger charge is 2.47. The summed E-state index contributed by atoms with van der Waals surface area (Å²) in [4.78, 5) is 0.611. The minimum atomic E-state index is 0.611. The van der Waals surface area contributed by atoms with E-state index in [0.29, 0.717) is 4.83 Å². The Morgan fingerprint density at radius 3 is 2.56 bits per heavy atom. The normalized spacial score (nSPS) is 33.5. The first-order valence-corrected chi connectivity index (χ1v) is 7.41. The maximum atomic E-state index is 6.19. The highest BCUT2D eigenvalue weighted by Crippen LogP contribution is 2.56. The number of hydrogen-bond donors (Lipinski definition) is 0. The minimum absolute atomic E-state index is 0.611. The van der Waals surface area contributed by atoms with Gasteiger partial charge in [0.25, 0.3) is 0 Å². The Bertz CT molecular complexity index is 380. The first kappa shape index (κ1) is 11.1. The van der Waals surface area contributed by atoms with Gasteiger partial charge in [-0.1, -0.05) is 45.7 Å². The molecule has 0 nitrogen and oxygen atoms in total. The van der Waals surface area contributed by atoms with Crippen molar-refractivity contribution < 1.29 is 0 Å². The largest absolute Gasteiger partial charge is 0.0884 e. The van der Waals surface area contributed by atoms with Gasteiger partial charge in [-0.3, -0.25) is 0 Å². The Hall–Kier alpha value is -0.0100. The van der Waals surface area contributed by atoms with Gasteiger partial charge in [0.2, 0.25) is 0 Å². The third kappa shape index (κ3) is 2.17. The third-order valence-electron chi connectivity index (χ3n) is 4.16. The van der Waals surface area contributed by atoms with E-state index in [0.717, 1.165) is 29.2 Å². The molecule has 0 N–H and O–H groups in total. The van der Waals surface area contributed by atoms with E-state index < -0.39 is 0 Å². The van der Waals surface area contributed by atoms with Gasteiger partial charge in [-0.25, -0.2) is 0 Å². The van der Waals surface area contributed by atoms with Gasteiger partial charge in [0.1, 0.15) is 0 Å². The van der Waals surface area contributed by atoms with Crippen LogP contribution in [0.25, 0.3) is 0 Å². The van der Waals surface area contributed by atoms with Crippen LogP contribution in [-0.4, -0.2) is 4.83 Å². The minimum Gasteiger partial charge on any atom is -0.0884 e. The Labute approximate surface area is 111 Å². The van der Waals surface area contributed by atoms with Crippen LogP contribution >= 0.6 is 27.5 Å². The molecule has 0 saturated heterocycles. The van der Waals surface area contributed by atoms with E-state index in [2.05, 4.69) is 28.1 Å². The van der Waals surface area contributed by atoms with Crippen LogP contribution < -0.4 is 0 Å². The Morgan fingerprint density at radius 1 is 1.19 bits per heavy atom. The Morgan fingerprint density at radius 2 is 1.88 bits per heavy atom. The highest BCUT2D eigenvalue weighted by molar-refractivity contribution is 9.09. The lowest BCUT2D eigenvalue weighted by molar-refractivity contribution is 0.471. The van der Waals surface area contributed by atoms with Gasteiger partial charge in [0, 0.05) is 9.85 Å². The molecule has 0 aliphatic heterocycles. The zero-order chi connectivity index (χ0) is 11.1. The molecule has 0 bridgehead atoms. The predicted octanol–water partition coefficient (Wildman–Crippen LogP) is 4.69. The monoisotopic (exact) mass is 298 g/mol. The van der Waals surface area contributed by atoms with Gasteiger partial charge in [-0.05, 0) is 55.1 Å². The van der Waals surface area contributed by atoms with Crippen LogP contribution in [0.5, 0.6) is 0 Å². The molecule has 2 saturated carbocycles. The zero-order valence-electron chi connectivity index (χ0n) is 9.20. The van der Waals surface area contributed by atoms with E-state index in [4.69, 9.17) is 11.6 Å². The predicted molar refractivity (Wildman–Crippen MR) is 72.2 cm³/mol. The fourth-order valence-corrected chi connectivity index (χ4v) is 4.09. The molecular formula is C14H16BrCl. The second kappa shape index (κ2) is 4.34. The van der Waals surface area contributed by atoms with Gasteiger partial charge in [0.05, 0.1) is 0 Å². The summed E-state index contributed by atoms with van der Waals surface area (Å²) in [6.45, 7) is 0. The number of benzene rings is 1. The van der Waals surface area contributed by atoms with Crippen LogP contribution in [0.1, 0.15) is 24.8 Å². The van der Waals surface area contributed by atoms with E-state index in [1.54, 1.807) is 0 Å². The quantitative estimate of drug-likeness (QED) is 0.710. The second-order valence-electron chi connectivity index (χ2n) is 5.30. The zero-order valence-corrected chi connectivity index (χ0v) is 11.5. The summed E-state index contributed by atoms with van der Waals surface area (Å²) < 4.78 is 0. The molecule has 1 aromatic carbocycles. The molecule has 1 aromatic rings. The van der Waals surface area contributed by atoms with Gasteiger partial charge in [-0.15, -0.1) is 0 Å². The maximum Gasteiger partial charge on any atom is 0.0438 e. The number of fused-ring (bicyclic) bond motifs is 1. The van der Waals surface area contributed by atoms with E-state index in [9.17, 15) is 0 Å². The van der Waals surface area contributed by atoms with Crippen molar-refractivity contribution in [3.63, 3.8) is 0 Å². The van der Waals surface area contributed by atoms with Crippen molar-refractivity contribution in [3.05, 3.63) is 34.9 Å². The van der Waals surface area contributed by atoms with Crippen LogP contribution in [-0.2, 0) is 6.42 Å². The van der Waals surface area contributed by atoms with Crippen molar-refractivity contribution in [2.24, 2.45) is 17.8 Å². The lowest BCUT2D eigenvalue weighted by Gasteiger charge is -2.19. The molecule has 2 fully saturated rings. The third-order valence-corrected chi connectivity index (χ3v) is 5.60. The van der Waals surface area contributed by atoms with Crippen molar-refractivity contribution >= 4 is 27.5 Å². The van der Waals surface area contributed by atoms with Crippen molar-refractivity contribution in [2.75, 3.05) is 0 Å². The molecule has 2 aliphatic carbocycles. The Kier molecular flexibility index (Phi) is 3.01. The summed E-state index contributed by atoms with van der Waals surface area (Å²) in [5.41, 5.74) is 1.28. The summed E-state index contributed by atoms with van der Waals surface area (Å²) in [5, 5.41) is 0.912. The number of halogens is 2. The van der Waals surface area contributed by atoms with E-state index in [-0.39, 0.29) is 0 Å². The summed E-state index contributed by atoms with van der Waals surface area (Å²) >= 11 is 10.1. The van der Waals surface area contributed by atoms with Crippen LogP contribution in [0.3, 0.4) is 0 Å². The molecule has 0 amide bonds. The van der Waals surface area contributed by atoms with E-state index >= 15 is 0 Å². The van der Waals surface area contributed by atoms with Gasteiger partial charge in [0.15, 0.2) is 0 Å². The summed E-state index contributed by atoms with van der Waals surface area (Å²) in [7, 11) is 0. The van der Waals surface area contributed by atoms with Crippen LogP contribution in [0.2, 0.25) is 5.02 Å². The first-order chi connectivity index (χ1) is 7.74. The summed E-state index contributed by atoms with van der Waals surface area (Å²) in [5.74, 6) is 3.01. The van der Waals surface area contributed by atoms with Crippen molar-refractivity contribution in [1.82, 2.24) is 0 Å². The lowest BCUT2D eigenvalue weighted by Crippen LogP contribution is -2.15. The molecule has 3 unspecified atom stereocenters. The summed E-state index contributed by atoms with van der Waals surface area (Å²) in [6, 6.07) is 8.21. The fraction of sp³-hybridized carbons (Fsp3) is 0.571. The topological polar surface area (TPSA) is 0 Å². The molecule has 2 heteroatoms. The fourth-order valence-electron chi connectivity index (χ4n) is 3.10. The van der Waals surface area contributed by atoms with Gasteiger partial charge >= 0.3 is 0 Å². The van der Waals surface area contributed by atoms with E-state index in [1.165, 1.54) is 24.8 Å². The smallest absolute Gasteiger partial charge is 0.0438 e. The molecule has 0 heterocycles. The number of hydrogen-bond acceptors (Lipinski definition) is 0. The standard InChI is InChI=1S/C14H16BrCl/c15-13(12-6-10-5-11(10)7-12)8-9-3-1-2-4-14(9)16/h1-4,10-13H,5-8H2. The van der Waals surface area contributed by atoms with Crippen LogP contribution in [0, 0.1) is 17.8 Å². The first-order valence-electron chi connectivity index (χ1n) is 6.11. The molecule has 86 valence electrons. The Balaban J connectivity index is 1.64. The van der Waals surface area contributed by atoms with Crippen molar-refractivity contribution in [1.29, 1.82) is 0 Å². The lowest BCUT2D eigenvalue weighted by atomic mass is 9.95. The maximum absolute atomic E-state index is 6.19. The van der Waals surface area contributed by atoms with Crippen LogP contribution in [0.15, 0.2) is 24.3 Å². The molecule has 0 radical (unpaired) electrons. The highest BCUT2D eigenvalue weighted by atomic mass is 79.9. The molecule has 16 heavy (non-hydrogen) atoms. The average molecular weight is 300 g/mol. The number of alkyl halides is 1.